The van der Waals surface area contributed by atoms with Crippen molar-refractivity contribution in [1.82, 2.24) is 0 Å². The van der Waals surface area contributed by atoms with Gasteiger partial charge in [-0.1, -0.05) is 18.2 Å². The van der Waals surface area contributed by atoms with Gasteiger partial charge >= 0.3 is 12.1 Å². The molecule has 110 valence electrons. The van der Waals surface area contributed by atoms with E-state index in [0.29, 0.717) is 0 Å². The number of halogens is 3. The molecule has 2 aromatic rings. The number of nitrogens with one attached hydrogen (secondary N) is 1. The van der Waals surface area contributed by atoms with E-state index in [2.05, 4.69) is 5.32 Å². The molecule has 0 saturated carbocycles. The zero-order chi connectivity index (χ0) is 15.6. The van der Waals surface area contributed by atoms with E-state index < -0.39 is 17.7 Å². The van der Waals surface area contributed by atoms with Crippen molar-refractivity contribution in [2.75, 3.05) is 5.32 Å². The summed E-state index contributed by atoms with van der Waals surface area (Å²) in [6.45, 7) is 1.34. The van der Waals surface area contributed by atoms with Crippen molar-refractivity contribution in [3.8, 4) is 0 Å². The van der Waals surface area contributed by atoms with Crippen LogP contribution in [0.5, 0.6) is 0 Å². The fraction of sp³-hybridized carbons (Fsp3) is 0.133. The van der Waals surface area contributed by atoms with Crippen molar-refractivity contribution >= 4 is 17.3 Å². The molecule has 2 rings (SSSR count). The predicted molar refractivity (Wildman–Crippen MR) is 72.9 cm³/mol. The Morgan fingerprint density at radius 1 is 1.05 bits per heavy atom. The molecule has 21 heavy (non-hydrogen) atoms. The number of anilines is 2. The van der Waals surface area contributed by atoms with E-state index in [1.54, 1.807) is 12.1 Å². The first-order valence-corrected chi connectivity index (χ1v) is 6.07. The number of aromatic carboxylic acids is 1. The lowest BCUT2D eigenvalue weighted by Gasteiger charge is -2.16. The summed E-state index contributed by atoms with van der Waals surface area (Å²) in [6.07, 6.45) is -4.45. The molecule has 0 fully saturated rings. The van der Waals surface area contributed by atoms with Crippen LogP contribution in [-0.2, 0) is 6.18 Å². The maximum atomic E-state index is 12.9. The first-order valence-electron chi connectivity index (χ1n) is 6.07. The Hall–Kier alpha value is -2.50. The molecule has 0 unspecified atom stereocenters. The summed E-state index contributed by atoms with van der Waals surface area (Å²) in [5.74, 6) is -1.15. The highest BCUT2D eigenvalue weighted by Gasteiger charge is 2.32. The molecule has 6 heteroatoms. The minimum absolute atomic E-state index is 0.00527. The van der Waals surface area contributed by atoms with Gasteiger partial charge < -0.3 is 10.4 Å². The van der Waals surface area contributed by atoms with Crippen LogP contribution in [0.4, 0.5) is 24.5 Å². The predicted octanol–water partition coefficient (Wildman–Crippen LogP) is 4.46. The van der Waals surface area contributed by atoms with Crippen LogP contribution >= 0.6 is 0 Å². The maximum Gasteiger partial charge on any atom is 0.416 e. The monoisotopic (exact) mass is 295 g/mol. The molecule has 0 heterocycles. The zero-order valence-corrected chi connectivity index (χ0v) is 11.0. The molecule has 0 bridgehead atoms. The highest BCUT2D eigenvalue weighted by Crippen LogP contribution is 2.35. The van der Waals surface area contributed by atoms with Crippen molar-refractivity contribution < 1.29 is 23.1 Å². The second kappa shape index (κ2) is 5.47. The number of hydrogen-bond donors (Lipinski definition) is 2. The Morgan fingerprint density at radius 2 is 1.67 bits per heavy atom. The number of carbonyl (C=O) groups is 1. The van der Waals surface area contributed by atoms with Crippen LogP contribution in [0.2, 0.25) is 0 Å². The largest absolute Gasteiger partial charge is 0.478 e. The van der Waals surface area contributed by atoms with Crippen molar-refractivity contribution in [1.29, 1.82) is 0 Å². The Labute approximate surface area is 119 Å². The van der Waals surface area contributed by atoms with Crippen LogP contribution in [-0.4, -0.2) is 11.1 Å². The van der Waals surface area contributed by atoms with Crippen molar-refractivity contribution in [3.63, 3.8) is 0 Å². The molecular weight excluding hydrogens is 283 g/mol. The molecule has 0 amide bonds. The van der Waals surface area contributed by atoms with Gasteiger partial charge in [0.25, 0.3) is 0 Å². The number of alkyl halides is 3. The molecule has 0 spiro atoms. The molecule has 0 aliphatic rings. The number of benzene rings is 2. The van der Waals surface area contributed by atoms with E-state index in [4.69, 9.17) is 5.11 Å². The third-order valence-corrected chi connectivity index (χ3v) is 3.07. The summed E-state index contributed by atoms with van der Waals surface area (Å²) in [5.41, 5.74) is -0.272. The SMILES string of the molecule is Cc1c(Nc2ccccc2C(=O)O)cccc1C(F)(F)F. The molecule has 0 radical (unpaired) electrons. The molecular formula is C15H12F3NO2. The fourth-order valence-corrected chi connectivity index (χ4v) is 2.00. The minimum Gasteiger partial charge on any atom is -0.478 e. The molecule has 3 nitrogen and oxygen atoms in total. The second-order valence-electron chi connectivity index (χ2n) is 4.45. The molecule has 0 aromatic heterocycles. The summed E-state index contributed by atoms with van der Waals surface area (Å²) in [7, 11) is 0. The van der Waals surface area contributed by atoms with Crippen molar-refractivity contribution in [2.45, 2.75) is 13.1 Å². The molecule has 2 aromatic carbocycles. The number of para-hydroxylation sites is 1. The van der Waals surface area contributed by atoms with Gasteiger partial charge in [0.2, 0.25) is 0 Å². The van der Waals surface area contributed by atoms with E-state index in [1.165, 1.54) is 31.2 Å². The van der Waals surface area contributed by atoms with Gasteiger partial charge in [-0.2, -0.15) is 13.2 Å². The van der Waals surface area contributed by atoms with Gasteiger partial charge in [0.05, 0.1) is 16.8 Å². The van der Waals surface area contributed by atoms with Gasteiger partial charge in [0.1, 0.15) is 0 Å². The molecule has 0 aliphatic heterocycles. The van der Waals surface area contributed by atoms with Crippen LogP contribution in [0.1, 0.15) is 21.5 Å². The standard InChI is InChI=1S/C15H12F3NO2/c1-9-11(15(16,17)18)6-4-8-12(9)19-13-7-3-2-5-10(13)14(20)21/h2-8,19H,1H3,(H,20,21). The summed E-state index contributed by atoms with van der Waals surface area (Å²) in [5, 5.41) is 11.8. The van der Waals surface area contributed by atoms with Gasteiger partial charge in [0, 0.05) is 5.69 Å². The molecule has 0 saturated heterocycles. The highest BCUT2D eigenvalue weighted by atomic mass is 19.4. The van der Waals surface area contributed by atoms with Crippen LogP contribution in [0.15, 0.2) is 42.5 Å². The molecule has 0 aliphatic carbocycles. The Morgan fingerprint density at radius 3 is 2.29 bits per heavy atom. The van der Waals surface area contributed by atoms with Gasteiger partial charge in [-0.25, -0.2) is 4.79 Å². The lowest BCUT2D eigenvalue weighted by Crippen LogP contribution is -2.09. The lowest BCUT2D eigenvalue weighted by molar-refractivity contribution is -0.138. The van der Waals surface area contributed by atoms with Crippen LogP contribution in [0, 0.1) is 6.92 Å². The van der Waals surface area contributed by atoms with E-state index in [1.807, 2.05) is 0 Å². The molecule has 0 atom stereocenters. The average Bonchev–Trinajstić information content (AvgIpc) is 2.40. The first kappa shape index (κ1) is 14.9. The van der Waals surface area contributed by atoms with Crippen LogP contribution in [0.3, 0.4) is 0 Å². The fourth-order valence-electron chi connectivity index (χ4n) is 2.00. The summed E-state index contributed by atoms with van der Waals surface area (Å²) in [6, 6.07) is 9.79. The average molecular weight is 295 g/mol. The highest BCUT2D eigenvalue weighted by molar-refractivity contribution is 5.95. The third kappa shape index (κ3) is 3.16. The lowest BCUT2D eigenvalue weighted by atomic mass is 10.1. The third-order valence-electron chi connectivity index (χ3n) is 3.07. The normalized spacial score (nSPS) is 11.2. The second-order valence-corrected chi connectivity index (χ2v) is 4.45. The topological polar surface area (TPSA) is 49.3 Å². The Kier molecular flexibility index (Phi) is 3.88. The van der Waals surface area contributed by atoms with E-state index in [0.717, 1.165) is 6.07 Å². The smallest absolute Gasteiger partial charge is 0.416 e. The van der Waals surface area contributed by atoms with E-state index in [9.17, 15) is 18.0 Å². The molecule has 2 N–H and O–H groups in total. The first-order chi connectivity index (χ1) is 9.80. The van der Waals surface area contributed by atoms with Crippen molar-refractivity contribution in [2.24, 2.45) is 0 Å². The summed E-state index contributed by atoms with van der Waals surface area (Å²) < 4.78 is 38.6. The quantitative estimate of drug-likeness (QED) is 0.879. The van der Waals surface area contributed by atoms with Gasteiger partial charge in [-0.15, -0.1) is 0 Å². The number of hydrogen-bond acceptors (Lipinski definition) is 2. The van der Waals surface area contributed by atoms with Gasteiger partial charge in [0.15, 0.2) is 0 Å². The van der Waals surface area contributed by atoms with E-state index >= 15 is 0 Å². The summed E-state index contributed by atoms with van der Waals surface area (Å²) in [4.78, 5) is 11.1. The maximum absolute atomic E-state index is 12.9. The number of rotatable bonds is 3. The van der Waals surface area contributed by atoms with Crippen LogP contribution in [0.25, 0.3) is 0 Å². The van der Waals surface area contributed by atoms with Gasteiger partial charge in [-0.3, -0.25) is 0 Å². The van der Waals surface area contributed by atoms with E-state index in [-0.39, 0.29) is 22.5 Å². The summed E-state index contributed by atoms with van der Waals surface area (Å²) >= 11 is 0. The number of carboxylic acid groups (broad SMARTS) is 1. The number of carboxylic acids is 1. The zero-order valence-electron chi connectivity index (χ0n) is 11.0. The van der Waals surface area contributed by atoms with Crippen molar-refractivity contribution in [3.05, 3.63) is 59.2 Å². The Balaban J connectivity index is 2.44. The minimum atomic E-state index is -4.45. The van der Waals surface area contributed by atoms with Crippen LogP contribution < -0.4 is 5.32 Å². The Bertz CT molecular complexity index is 681. The van der Waals surface area contributed by atoms with Gasteiger partial charge in [-0.05, 0) is 36.8 Å².